The van der Waals surface area contributed by atoms with Crippen LogP contribution < -0.4 is 9.47 Å². The Labute approximate surface area is 241 Å². The number of fused-ring (bicyclic) bond motifs is 2. The third-order valence-corrected chi connectivity index (χ3v) is 6.41. The van der Waals surface area contributed by atoms with Crippen LogP contribution >= 0.6 is 0 Å². The summed E-state index contributed by atoms with van der Waals surface area (Å²) in [5, 5.41) is 8.34. The molecule has 12 nitrogen and oxygen atoms in total. The fourth-order valence-corrected chi connectivity index (χ4v) is 4.19. The van der Waals surface area contributed by atoms with Gasteiger partial charge in [0, 0.05) is 6.07 Å². The highest BCUT2D eigenvalue weighted by Crippen LogP contribution is 2.35. The minimum Gasteiger partial charge on any atom is -0.423 e. The van der Waals surface area contributed by atoms with Crippen molar-refractivity contribution in [3.05, 3.63) is 118 Å². The van der Waals surface area contributed by atoms with Crippen molar-refractivity contribution in [2.24, 2.45) is 10.2 Å². The van der Waals surface area contributed by atoms with Crippen LogP contribution in [0.5, 0.6) is 11.5 Å². The molecule has 4 aromatic carbocycles. The highest BCUT2D eigenvalue weighted by Gasteiger charge is 2.32. The second-order valence-electron chi connectivity index (χ2n) is 9.32. The lowest BCUT2D eigenvalue weighted by Crippen LogP contribution is -2.11. The van der Waals surface area contributed by atoms with Crippen LogP contribution in [0.25, 0.3) is 0 Å². The van der Waals surface area contributed by atoms with Crippen LogP contribution in [0.1, 0.15) is 67.7 Å². The van der Waals surface area contributed by atoms with E-state index in [1.54, 1.807) is 12.1 Å². The first-order valence-corrected chi connectivity index (χ1v) is 12.5. The lowest BCUT2D eigenvalue weighted by Gasteiger charge is -2.10. The Hall–Kier alpha value is -6.30. The van der Waals surface area contributed by atoms with Crippen molar-refractivity contribution in [2.45, 2.75) is 6.92 Å². The van der Waals surface area contributed by atoms with E-state index in [9.17, 15) is 28.8 Å². The largest absolute Gasteiger partial charge is 0.423 e. The summed E-state index contributed by atoms with van der Waals surface area (Å²) < 4.78 is 20.1. The molecule has 2 aliphatic heterocycles. The van der Waals surface area contributed by atoms with Crippen LogP contribution in [-0.2, 0) is 9.47 Å². The summed E-state index contributed by atoms with van der Waals surface area (Å²) in [6.07, 6.45) is 0. The Kier molecular flexibility index (Phi) is 6.63. The molecule has 2 aliphatic rings. The molecular weight excluding hydrogens is 560 g/mol. The number of hydrogen-bond acceptors (Lipinski definition) is 12. The standard InChI is InChI=1S/C31H16N2O10/c1-15-2-6-18(7-3-15)32-33-24-11-8-19(40-26(34)16-4-9-20-22(12-16)30(38)42-28(20)36)14-25(24)41-27(35)17-5-10-21-23(13-17)31(39)43-29(21)37/h2-14H,1H3. The molecule has 0 aliphatic carbocycles. The summed E-state index contributed by atoms with van der Waals surface area (Å²) in [7, 11) is 0. The number of ether oxygens (including phenoxy) is 4. The Bertz CT molecular complexity index is 1940. The molecule has 0 saturated carbocycles. The normalized spacial score (nSPS) is 13.4. The van der Waals surface area contributed by atoms with E-state index in [0.29, 0.717) is 5.69 Å². The highest BCUT2D eigenvalue weighted by atomic mass is 16.6. The van der Waals surface area contributed by atoms with Gasteiger partial charge < -0.3 is 18.9 Å². The zero-order valence-corrected chi connectivity index (χ0v) is 22.0. The van der Waals surface area contributed by atoms with Crippen LogP contribution in [-0.4, -0.2) is 35.8 Å². The summed E-state index contributed by atoms with van der Waals surface area (Å²) >= 11 is 0. The van der Waals surface area contributed by atoms with Gasteiger partial charge in [0.2, 0.25) is 0 Å². The predicted octanol–water partition coefficient (Wildman–Crippen LogP) is 5.47. The maximum absolute atomic E-state index is 13.1. The molecule has 0 aromatic heterocycles. The number of rotatable bonds is 6. The van der Waals surface area contributed by atoms with Gasteiger partial charge in [-0.2, -0.15) is 5.11 Å². The molecule has 12 heteroatoms. The van der Waals surface area contributed by atoms with Gasteiger partial charge >= 0.3 is 35.8 Å². The Morgan fingerprint density at radius 3 is 1.70 bits per heavy atom. The summed E-state index contributed by atoms with van der Waals surface area (Å²) in [5.41, 5.74) is 1.45. The fourth-order valence-electron chi connectivity index (χ4n) is 4.19. The van der Waals surface area contributed by atoms with Crippen molar-refractivity contribution < 1.29 is 47.7 Å². The van der Waals surface area contributed by atoms with Crippen LogP contribution in [0.15, 0.2) is 89.1 Å². The third kappa shape index (κ3) is 5.27. The topological polar surface area (TPSA) is 164 Å². The van der Waals surface area contributed by atoms with Gasteiger partial charge in [-0.1, -0.05) is 17.7 Å². The second kappa shape index (κ2) is 10.6. The second-order valence-corrected chi connectivity index (χ2v) is 9.32. The molecule has 0 N–H and O–H groups in total. The quantitative estimate of drug-likeness (QED) is 0.124. The molecule has 0 amide bonds. The molecular formula is C31H16N2O10. The lowest BCUT2D eigenvalue weighted by atomic mass is 10.1. The van der Waals surface area contributed by atoms with E-state index >= 15 is 0 Å². The molecule has 0 radical (unpaired) electrons. The highest BCUT2D eigenvalue weighted by molar-refractivity contribution is 6.16. The average molecular weight is 576 g/mol. The Morgan fingerprint density at radius 2 is 1.12 bits per heavy atom. The van der Waals surface area contributed by atoms with Gasteiger partial charge in [0.05, 0.1) is 39.1 Å². The lowest BCUT2D eigenvalue weighted by molar-refractivity contribution is 0.0425. The van der Waals surface area contributed by atoms with E-state index in [-0.39, 0.29) is 50.6 Å². The zero-order chi connectivity index (χ0) is 30.2. The van der Waals surface area contributed by atoms with E-state index in [1.165, 1.54) is 54.6 Å². The van der Waals surface area contributed by atoms with Gasteiger partial charge in [-0.15, -0.1) is 5.11 Å². The van der Waals surface area contributed by atoms with Crippen LogP contribution in [0.4, 0.5) is 11.4 Å². The molecule has 0 bridgehead atoms. The SMILES string of the molecule is Cc1ccc(N=Nc2ccc(OC(=O)c3ccc4c(c3)C(=O)OC4=O)cc2OC(=O)c2ccc3c(c2)C(=O)OC3=O)cc1. The number of hydrogen-bond donors (Lipinski definition) is 0. The summed E-state index contributed by atoms with van der Waals surface area (Å²) in [6.45, 7) is 1.92. The molecule has 0 saturated heterocycles. The molecule has 2 heterocycles. The molecule has 0 unspecified atom stereocenters. The van der Waals surface area contributed by atoms with Gasteiger partial charge in [0.15, 0.2) is 5.75 Å². The maximum atomic E-state index is 13.1. The van der Waals surface area contributed by atoms with E-state index in [2.05, 4.69) is 19.7 Å². The zero-order valence-electron chi connectivity index (χ0n) is 22.0. The van der Waals surface area contributed by atoms with E-state index in [1.807, 2.05) is 19.1 Å². The molecule has 0 spiro atoms. The van der Waals surface area contributed by atoms with Crippen molar-refractivity contribution in [1.82, 2.24) is 0 Å². The monoisotopic (exact) mass is 576 g/mol. The number of carbonyl (C=O) groups is 6. The molecule has 0 fully saturated rings. The van der Waals surface area contributed by atoms with Gasteiger partial charge in [-0.3, -0.25) is 0 Å². The minimum atomic E-state index is -0.910. The van der Waals surface area contributed by atoms with Crippen molar-refractivity contribution >= 4 is 47.2 Å². The van der Waals surface area contributed by atoms with Crippen molar-refractivity contribution in [3.8, 4) is 11.5 Å². The molecule has 0 atom stereocenters. The van der Waals surface area contributed by atoms with Gasteiger partial charge in [-0.05, 0) is 67.6 Å². The summed E-state index contributed by atoms with van der Waals surface area (Å²) in [6, 6.07) is 18.7. The van der Waals surface area contributed by atoms with Crippen molar-refractivity contribution in [1.29, 1.82) is 0 Å². The minimum absolute atomic E-state index is 0.0206. The van der Waals surface area contributed by atoms with Gasteiger partial charge in [0.25, 0.3) is 0 Å². The Morgan fingerprint density at radius 1 is 0.581 bits per heavy atom. The molecule has 4 aromatic rings. The smallest absolute Gasteiger partial charge is 0.346 e. The number of benzene rings is 4. The van der Waals surface area contributed by atoms with Crippen LogP contribution in [0.3, 0.4) is 0 Å². The molecule has 6 rings (SSSR count). The number of nitrogens with zero attached hydrogens (tertiary/aromatic N) is 2. The van der Waals surface area contributed by atoms with Crippen LogP contribution in [0, 0.1) is 6.92 Å². The van der Waals surface area contributed by atoms with Crippen molar-refractivity contribution in [3.63, 3.8) is 0 Å². The number of carbonyl (C=O) groups excluding carboxylic acids is 6. The van der Waals surface area contributed by atoms with Gasteiger partial charge in [-0.25, -0.2) is 28.8 Å². The van der Waals surface area contributed by atoms with E-state index in [0.717, 1.165) is 5.56 Å². The van der Waals surface area contributed by atoms with Gasteiger partial charge in [0.1, 0.15) is 11.4 Å². The number of esters is 6. The first-order chi connectivity index (χ1) is 20.7. The van der Waals surface area contributed by atoms with Crippen molar-refractivity contribution in [2.75, 3.05) is 0 Å². The maximum Gasteiger partial charge on any atom is 0.346 e. The number of azo groups is 1. The van der Waals surface area contributed by atoms with E-state index < -0.39 is 35.8 Å². The molecule has 210 valence electrons. The average Bonchev–Trinajstić information content (AvgIpc) is 3.45. The molecule has 43 heavy (non-hydrogen) atoms. The van der Waals surface area contributed by atoms with Crippen LogP contribution in [0.2, 0.25) is 0 Å². The summed E-state index contributed by atoms with van der Waals surface area (Å²) in [5.74, 6) is -5.38. The predicted molar refractivity (Wildman–Crippen MR) is 144 cm³/mol. The Balaban J connectivity index is 1.29. The first-order valence-electron chi connectivity index (χ1n) is 12.5. The number of cyclic esters (lactones) is 4. The third-order valence-electron chi connectivity index (χ3n) is 6.41. The number of aryl methyl sites for hydroxylation is 1. The first kappa shape index (κ1) is 26.9. The summed E-state index contributed by atoms with van der Waals surface area (Å²) in [4.78, 5) is 73.2. The fraction of sp³-hybridized carbons (Fsp3) is 0.0323. The van der Waals surface area contributed by atoms with E-state index in [4.69, 9.17) is 9.47 Å².